The van der Waals surface area contributed by atoms with Crippen molar-refractivity contribution >= 4 is 64.6 Å². The minimum Gasteiger partial charge on any atom is -0.481 e. The number of aliphatic hydroxyl groups is 10. The molecule has 0 fully saturated rings. The number of carboxylic acids is 2. The van der Waals surface area contributed by atoms with E-state index in [-0.39, 0.29) is 12.0 Å². The van der Waals surface area contributed by atoms with Crippen molar-refractivity contribution in [2.75, 3.05) is 31.6 Å². The van der Waals surface area contributed by atoms with Crippen molar-refractivity contribution in [3.05, 3.63) is 53.0 Å². The normalized spacial score (nSPS) is 17.5. The third-order valence-electron chi connectivity index (χ3n) is 13.3. The number of amidine groups is 1. The number of aromatic nitrogens is 2. The molecule has 0 aliphatic carbocycles. The lowest BCUT2D eigenvalue weighted by molar-refractivity contribution is -0.142. The molecule has 2 aromatic rings. The highest BCUT2D eigenvalue weighted by Crippen LogP contribution is 2.24. The van der Waals surface area contributed by atoms with Gasteiger partial charge in [-0.05, 0) is 57.9 Å². The first kappa shape index (κ1) is 68.4. The Morgan fingerprint density at radius 3 is 1.68 bits per heavy atom. The molecule has 2 heterocycles. The van der Waals surface area contributed by atoms with Crippen molar-refractivity contribution < 1.29 is 104 Å². The number of hydrogen-bond acceptors (Lipinski definition) is 24. The third kappa shape index (κ3) is 22.9. The molecule has 0 radical (unpaired) electrons. The molecular formula is C51H75N9O21. The summed E-state index contributed by atoms with van der Waals surface area (Å²) in [5.74, 6) is -10.6. The van der Waals surface area contributed by atoms with Crippen LogP contribution in [-0.4, -0.2) is 217 Å². The molecule has 1 aromatic heterocycles. The number of ketones is 3. The number of rotatable bonds is 38. The number of benzene rings is 1. The minimum atomic E-state index is -2.05. The Bertz CT molecular complexity index is 2500. The fourth-order valence-electron chi connectivity index (χ4n) is 8.22. The number of amides is 4. The molecule has 1 unspecified atom stereocenters. The monoisotopic (exact) mass is 1150 g/mol. The number of anilines is 1. The molecule has 30 nitrogen and oxygen atoms in total. The van der Waals surface area contributed by atoms with Crippen LogP contribution in [0.15, 0.2) is 35.5 Å². The fraction of sp³-hybridized carbons (Fsp3) is 0.608. The molecule has 3 rings (SSSR count). The summed E-state index contributed by atoms with van der Waals surface area (Å²) in [7, 11) is 0. The van der Waals surface area contributed by atoms with Crippen LogP contribution in [0.25, 0.3) is 0 Å². The molecule has 4 amide bonds. The van der Waals surface area contributed by atoms with Gasteiger partial charge in [-0.25, -0.2) is 15.0 Å². The number of nitrogens with one attached hydrogen (secondary N) is 5. The Balaban J connectivity index is 1.73. The molecule has 450 valence electrons. The van der Waals surface area contributed by atoms with Gasteiger partial charge in [-0.3, -0.25) is 43.2 Å². The van der Waals surface area contributed by atoms with Crippen LogP contribution in [0.3, 0.4) is 0 Å². The smallest absolute Gasteiger partial charge is 0.306 e. The van der Waals surface area contributed by atoms with Gasteiger partial charge in [-0.1, -0.05) is 24.3 Å². The van der Waals surface area contributed by atoms with Crippen LogP contribution >= 0.6 is 0 Å². The van der Waals surface area contributed by atoms with Crippen molar-refractivity contribution in [2.45, 2.75) is 158 Å². The van der Waals surface area contributed by atoms with E-state index in [1.54, 1.807) is 25.3 Å². The van der Waals surface area contributed by atoms with Gasteiger partial charge in [-0.15, -0.1) is 0 Å². The zero-order valence-electron chi connectivity index (χ0n) is 44.7. The van der Waals surface area contributed by atoms with Crippen LogP contribution in [0.4, 0.5) is 5.82 Å². The standard InChI is InChI=1S/C51H75N9O21/c1-24(63)31(11-14-39(70)53-20-35(66)44(75)46(77)37(68)22-61)60-50(79)28(9-16-42(73)74)17-34(65)32(12-15-40(71)54-21-36(67)45(76)47(78)38(69)23-62)59-41(72)13-8-29(51(80)81)18-33(64)27-6-3-26(4-7-27)5-10-30-19-55-49-43(58-30)48(52)56-25(2)57-49/h3-4,6-7,19,28-29,31-32,35-38,44-48,61-62,66-69,75-78H,5,8-18,20-23,52H2,1-2H3,(H,53,70)(H,54,71)(H,59,72)(H,60,79)(H,73,74)(H,80,81)(H,55,56,57)/t28-,29-,31+,32+,35+,36+,37-,38-,44-,45-,46-,47-,48?/m1/s1. The van der Waals surface area contributed by atoms with Crippen LogP contribution < -0.4 is 32.3 Å². The summed E-state index contributed by atoms with van der Waals surface area (Å²) in [4.78, 5) is 130. The minimum absolute atomic E-state index is 0.184. The average Bonchev–Trinajstić information content (AvgIpc) is 3.43. The second-order valence-corrected chi connectivity index (χ2v) is 19.7. The molecule has 0 saturated carbocycles. The number of aryl methyl sites for hydroxylation is 2. The van der Waals surface area contributed by atoms with E-state index in [1.807, 2.05) is 0 Å². The maximum atomic E-state index is 14.1. The molecule has 30 heteroatoms. The van der Waals surface area contributed by atoms with Crippen LogP contribution in [0, 0.1) is 11.8 Å². The number of carbonyl (C=O) groups is 9. The summed E-state index contributed by atoms with van der Waals surface area (Å²) in [6, 6.07) is 3.37. The molecule has 0 spiro atoms. The molecule has 81 heavy (non-hydrogen) atoms. The van der Waals surface area contributed by atoms with Crippen LogP contribution in [0.1, 0.15) is 112 Å². The van der Waals surface area contributed by atoms with Crippen molar-refractivity contribution in [3.8, 4) is 0 Å². The molecule has 13 atom stereocenters. The lowest BCUT2D eigenvalue weighted by Crippen LogP contribution is -2.50. The lowest BCUT2D eigenvalue weighted by atomic mass is 9.90. The van der Waals surface area contributed by atoms with E-state index in [2.05, 4.69) is 41.5 Å². The summed E-state index contributed by atoms with van der Waals surface area (Å²) in [5.41, 5.74) is 8.25. The van der Waals surface area contributed by atoms with Gasteiger partial charge in [-0.2, -0.15) is 0 Å². The second kappa shape index (κ2) is 33.8. The number of Topliss-reactive ketones (excluding diaryl/α,β-unsaturated/α-hetero) is 3. The Kier molecular flexibility index (Phi) is 28.6. The molecule has 1 aliphatic heterocycles. The molecule has 0 saturated heterocycles. The SMILES string of the molecule is CC(=O)[C@H](CCC(=O)NC[C@H](O)[C@@H](O)[C@H](O)[C@H](O)CO)NC(=O)[C@H](CCC(=O)O)CC(=O)[C@H](CCC(=O)NC[C@H](O)[C@@H](O)[C@H](O)[C@H](O)CO)NC(=O)CC[C@H](CC(=O)c1ccc(CCc2cnc3c(n2)C(N)N=C(C)N3)cc1)C(=O)O. The number of aliphatic imine (C=N–C) groups is 1. The largest absolute Gasteiger partial charge is 0.481 e. The lowest BCUT2D eigenvalue weighted by Gasteiger charge is -2.26. The van der Waals surface area contributed by atoms with Crippen LogP contribution in [0.5, 0.6) is 0 Å². The fourth-order valence-corrected chi connectivity index (χ4v) is 8.22. The summed E-state index contributed by atoms with van der Waals surface area (Å²) >= 11 is 0. The van der Waals surface area contributed by atoms with Crippen LogP contribution in [0.2, 0.25) is 0 Å². The van der Waals surface area contributed by atoms with Crippen molar-refractivity contribution in [1.82, 2.24) is 31.2 Å². The molecule has 19 N–H and O–H groups in total. The number of carboxylic acid groups (broad SMARTS) is 2. The van der Waals surface area contributed by atoms with Gasteiger partial charge in [0.15, 0.2) is 23.2 Å². The number of fused-ring (bicyclic) bond motifs is 1. The number of aliphatic carboxylic acids is 2. The molecule has 1 aromatic carbocycles. The number of carbonyl (C=O) groups excluding carboxylic acids is 7. The first-order valence-corrected chi connectivity index (χ1v) is 26.0. The summed E-state index contributed by atoms with van der Waals surface area (Å²) in [5, 5.41) is 129. The number of nitrogens with two attached hydrogens (primary N) is 1. The van der Waals surface area contributed by atoms with Crippen molar-refractivity contribution in [3.63, 3.8) is 0 Å². The Morgan fingerprint density at radius 1 is 0.642 bits per heavy atom. The number of hydrogen-bond donors (Lipinski definition) is 18. The first-order chi connectivity index (χ1) is 38.1. The molecule has 0 bridgehead atoms. The highest BCUT2D eigenvalue weighted by Gasteiger charge is 2.34. The van der Waals surface area contributed by atoms with E-state index in [1.165, 1.54) is 12.1 Å². The van der Waals surface area contributed by atoms with E-state index < -0.39 is 216 Å². The first-order valence-electron chi connectivity index (χ1n) is 26.0. The average molecular weight is 1150 g/mol. The highest BCUT2D eigenvalue weighted by atomic mass is 16.4. The van der Waals surface area contributed by atoms with E-state index >= 15 is 0 Å². The summed E-state index contributed by atoms with van der Waals surface area (Å²) in [6.45, 7) is -0.508. The van der Waals surface area contributed by atoms with Gasteiger partial charge < -0.3 is 93.6 Å². The van der Waals surface area contributed by atoms with Gasteiger partial charge in [0.25, 0.3) is 0 Å². The maximum absolute atomic E-state index is 14.1. The Morgan fingerprint density at radius 2 is 1.16 bits per heavy atom. The van der Waals surface area contributed by atoms with Gasteiger partial charge in [0, 0.05) is 63.1 Å². The van der Waals surface area contributed by atoms with Gasteiger partial charge in [0.1, 0.15) is 54.3 Å². The Hall–Kier alpha value is -6.84. The maximum Gasteiger partial charge on any atom is 0.306 e. The van der Waals surface area contributed by atoms with Crippen molar-refractivity contribution in [1.29, 1.82) is 0 Å². The number of nitrogens with zero attached hydrogens (tertiary/aromatic N) is 3. The molecule has 1 aliphatic rings. The quantitative estimate of drug-likeness (QED) is 0.0279. The zero-order valence-corrected chi connectivity index (χ0v) is 44.7. The van der Waals surface area contributed by atoms with Gasteiger partial charge in [0.05, 0.1) is 55.3 Å². The van der Waals surface area contributed by atoms with E-state index in [9.17, 15) is 94.2 Å². The molecular weight excluding hydrogens is 1070 g/mol. The van der Waals surface area contributed by atoms with E-state index in [0.717, 1.165) is 12.5 Å². The van der Waals surface area contributed by atoms with E-state index in [4.69, 9.17) is 15.9 Å². The zero-order chi connectivity index (χ0) is 60.7. The topological polar surface area (TPSA) is 521 Å². The van der Waals surface area contributed by atoms with Crippen LogP contribution in [-0.2, 0) is 51.2 Å². The van der Waals surface area contributed by atoms with Crippen molar-refractivity contribution in [2.24, 2.45) is 22.6 Å². The van der Waals surface area contributed by atoms with E-state index in [0.29, 0.717) is 35.9 Å². The third-order valence-corrected chi connectivity index (χ3v) is 13.3. The van der Waals surface area contributed by atoms with Gasteiger partial charge in [0.2, 0.25) is 23.6 Å². The second-order valence-electron chi connectivity index (χ2n) is 19.7. The van der Waals surface area contributed by atoms with Gasteiger partial charge >= 0.3 is 11.9 Å². The Labute approximate surface area is 464 Å². The predicted molar refractivity (Wildman–Crippen MR) is 280 cm³/mol. The predicted octanol–water partition coefficient (Wildman–Crippen LogP) is -5.22. The summed E-state index contributed by atoms with van der Waals surface area (Å²) < 4.78 is 0. The number of aliphatic hydroxyl groups excluding tert-OH is 10. The highest BCUT2D eigenvalue weighted by molar-refractivity contribution is 5.98. The summed E-state index contributed by atoms with van der Waals surface area (Å²) in [6.07, 6.45) is -19.1.